The van der Waals surface area contributed by atoms with Gasteiger partial charge in [-0.15, -0.1) is 0 Å². The van der Waals surface area contributed by atoms with Crippen LogP contribution in [0.5, 0.6) is 11.5 Å². The fourth-order valence-electron chi connectivity index (χ4n) is 4.29. The average molecular weight is 585 g/mol. The standard InChI is InChI=1S/C34H40N4O3S/c1-34(2,3)30-21-31(38(4)19-18-24-14-17-28(40-5)29(20-24)41-6)37-33(36-30)42-23-26-12-15-27(16-13-26)32(39)35-22-25-10-8-7-9-11-25/h7-17,20-21H,18-19,22-23H2,1-6H3,(H,35,39). The molecular formula is C34H40N4O3S. The maximum absolute atomic E-state index is 12.6. The van der Waals surface area contributed by atoms with Gasteiger partial charge in [0.25, 0.3) is 5.91 Å². The Morgan fingerprint density at radius 1 is 0.857 bits per heavy atom. The van der Waals surface area contributed by atoms with Crippen LogP contribution in [0.2, 0.25) is 0 Å². The highest BCUT2D eigenvalue weighted by atomic mass is 32.2. The summed E-state index contributed by atoms with van der Waals surface area (Å²) in [5.74, 6) is 2.97. The summed E-state index contributed by atoms with van der Waals surface area (Å²) in [5, 5.41) is 3.72. The van der Waals surface area contributed by atoms with E-state index in [1.165, 1.54) is 0 Å². The Morgan fingerprint density at radius 3 is 2.21 bits per heavy atom. The highest BCUT2D eigenvalue weighted by Crippen LogP contribution is 2.30. The van der Waals surface area contributed by atoms with Gasteiger partial charge in [-0.2, -0.15) is 0 Å². The highest BCUT2D eigenvalue weighted by Gasteiger charge is 2.20. The molecule has 0 unspecified atom stereocenters. The van der Waals surface area contributed by atoms with Crippen molar-refractivity contribution in [3.05, 3.63) is 107 Å². The molecule has 0 spiro atoms. The third kappa shape index (κ3) is 8.49. The van der Waals surface area contributed by atoms with Crippen LogP contribution in [0.4, 0.5) is 5.82 Å². The number of methoxy groups -OCH3 is 2. The summed E-state index contributed by atoms with van der Waals surface area (Å²) < 4.78 is 10.8. The Balaban J connectivity index is 1.40. The number of anilines is 1. The number of nitrogens with one attached hydrogen (secondary N) is 1. The first-order chi connectivity index (χ1) is 20.2. The van der Waals surface area contributed by atoms with Crippen LogP contribution in [0.15, 0.2) is 84.0 Å². The monoisotopic (exact) mass is 584 g/mol. The van der Waals surface area contributed by atoms with Gasteiger partial charge in [-0.3, -0.25) is 4.79 Å². The van der Waals surface area contributed by atoms with Crippen LogP contribution in [0, 0.1) is 0 Å². The molecule has 0 radical (unpaired) electrons. The van der Waals surface area contributed by atoms with Gasteiger partial charge in [0.05, 0.1) is 19.9 Å². The van der Waals surface area contributed by atoms with Crippen molar-refractivity contribution in [1.29, 1.82) is 0 Å². The van der Waals surface area contributed by atoms with Gasteiger partial charge in [0.2, 0.25) is 0 Å². The molecule has 0 saturated carbocycles. The minimum Gasteiger partial charge on any atom is -0.493 e. The Hall–Kier alpha value is -4.04. The fraction of sp³-hybridized carbons (Fsp3) is 0.324. The van der Waals surface area contributed by atoms with Crippen molar-refractivity contribution in [3.63, 3.8) is 0 Å². The number of carbonyl (C=O) groups excluding carboxylic acids is 1. The van der Waals surface area contributed by atoms with Crippen molar-refractivity contribution in [3.8, 4) is 11.5 Å². The molecule has 3 aromatic carbocycles. The molecule has 4 aromatic rings. The number of rotatable bonds is 12. The summed E-state index contributed by atoms with van der Waals surface area (Å²) in [5.41, 5.74) is 4.86. The van der Waals surface area contributed by atoms with Gasteiger partial charge in [-0.25, -0.2) is 9.97 Å². The summed E-state index contributed by atoms with van der Waals surface area (Å²) in [7, 11) is 5.36. The first kappa shape index (κ1) is 30.9. The van der Waals surface area contributed by atoms with E-state index in [9.17, 15) is 4.79 Å². The van der Waals surface area contributed by atoms with E-state index in [2.05, 4.69) is 50.2 Å². The third-order valence-corrected chi connectivity index (χ3v) is 7.83. The molecule has 0 aliphatic heterocycles. The van der Waals surface area contributed by atoms with Gasteiger partial charge < -0.3 is 19.7 Å². The predicted octanol–water partition coefficient (Wildman–Crippen LogP) is 6.69. The molecule has 0 atom stereocenters. The van der Waals surface area contributed by atoms with Crippen molar-refractivity contribution < 1.29 is 14.3 Å². The second-order valence-corrected chi connectivity index (χ2v) is 12.1. The smallest absolute Gasteiger partial charge is 0.251 e. The lowest BCUT2D eigenvalue weighted by Crippen LogP contribution is -2.24. The Kier molecular flexibility index (Phi) is 10.5. The first-order valence-corrected chi connectivity index (χ1v) is 15.0. The Bertz CT molecular complexity index is 1470. The van der Waals surface area contributed by atoms with E-state index in [1.54, 1.807) is 26.0 Å². The normalized spacial score (nSPS) is 11.2. The van der Waals surface area contributed by atoms with E-state index in [-0.39, 0.29) is 11.3 Å². The number of hydrogen-bond acceptors (Lipinski definition) is 7. The number of amides is 1. The molecule has 1 N–H and O–H groups in total. The Labute approximate surface area is 253 Å². The molecule has 220 valence electrons. The number of aromatic nitrogens is 2. The average Bonchev–Trinajstić information content (AvgIpc) is 3.01. The van der Waals surface area contributed by atoms with Crippen molar-refractivity contribution >= 4 is 23.5 Å². The van der Waals surface area contributed by atoms with Crippen LogP contribution in [0.3, 0.4) is 0 Å². The van der Waals surface area contributed by atoms with Crippen molar-refractivity contribution in [2.24, 2.45) is 0 Å². The molecule has 0 fully saturated rings. The first-order valence-electron chi connectivity index (χ1n) is 14.0. The van der Waals surface area contributed by atoms with E-state index < -0.39 is 0 Å². The Morgan fingerprint density at radius 2 is 1.55 bits per heavy atom. The number of nitrogens with zero attached hydrogens (tertiary/aromatic N) is 3. The van der Waals surface area contributed by atoms with Gasteiger partial charge in [0.1, 0.15) is 5.82 Å². The summed E-state index contributed by atoms with van der Waals surface area (Å²) in [6.07, 6.45) is 0.833. The fourth-order valence-corrected chi connectivity index (χ4v) is 5.09. The molecular weight excluding hydrogens is 544 g/mol. The minimum atomic E-state index is -0.119. The van der Waals surface area contributed by atoms with Crippen LogP contribution in [0.25, 0.3) is 0 Å². The molecule has 1 aromatic heterocycles. The number of likely N-dealkylation sites (N-methyl/N-ethyl adjacent to an activating group) is 1. The largest absolute Gasteiger partial charge is 0.493 e. The summed E-state index contributed by atoms with van der Waals surface area (Å²) in [4.78, 5) is 24.6. The zero-order valence-corrected chi connectivity index (χ0v) is 26.1. The van der Waals surface area contributed by atoms with Crippen molar-refractivity contribution in [2.75, 3.05) is 32.7 Å². The van der Waals surface area contributed by atoms with E-state index in [1.807, 2.05) is 66.7 Å². The lowest BCUT2D eigenvalue weighted by Gasteiger charge is -2.23. The van der Waals surface area contributed by atoms with Crippen LogP contribution in [0.1, 0.15) is 53.5 Å². The van der Waals surface area contributed by atoms with Gasteiger partial charge >= 0.3 is 0 Å². The van der Waals surface area contributed by atoms with E-state index >= 15 is 0 Å². The zero-order chi connectivity index (χ0) is 30.1. The molecule has 0 saturated heterocycles. The van der Waals surface area contributed by atoms with Crippen LogP contribution < -0.4 is 19.7 Å². The molecule has 7 nitrogen and oxygen atoms in total. The van der Waals surface area contributed by atoms with E-state index in [4.69, 9.17) is 19.4 Å². The zero-order valence-electron chi connectivity index (χ0n) is 25.3. The van der Waals surface area contributed by atoms with Gasteiger partial charge in [0, 0.05) is 42.9 Å². The highest BCUT2D eigenvalue weighted by molar-refractivity contribution is 7.98. The second-order valence-electron chi connectivity index (χ2n) is 11.2. The number of hydrogen-bond donors (Lipinski definition) is 1. The van der Waals surface area contributed by atoms with Crippen molar-refractivity contribution in [2.45, 2.75) is 50.1 Å². The topological polar surface area (TPSA) is 76.6 Å². The number of carbonyl (C=O) groups is 1. The third-order valence-electron chi connectivity index (χ3n) is 6.92. The molecule has 8 heteroatoms. The molecule has 0 aliphatic carbocycles. The maximum Gasteiger partial charge on any atom is 0.251 e. The second kappa shape index (κ2) is 14.2. The molecule has 0 aliphatic rings. The molecule has 1 heterocycles. The summed E-state index contributed by atoms with van der Waals surface area (Å²) in [6.45, 7) is 7.79. The predicted molar refractivity (Wildman–Crippen MR) is 171 cm³/mol. The minimum absolute atomic E-state index is 0.0833. The van der Waals surface area contributed by atoms with Crippen LogP contribution in [-0.2, 0) is 24.1 Å². The van der Waals surface area contributed by atoms with Gasteiger partial charge in [0.15, 0.2) is 16.7 Å². The number of ether oxygens (including phenoxy) is 2. The molecule has 4 rings (SSSR count). The SMILES string of the molecule is COc1ccc(CCN(C)c2cc(C(C)(C)C)nc(SCc3ccc(C(=O)NCc4ccccc4)cc3)n2)cc1OC. The van der Waals surface area contributed by atoms with Crippen molar-refractivity contribution in [1.82, 2.24) is 15.3 Å². The lowest BCUT2D eigenvalue weighted by molar-refractivity contribution is 0.0951. The lowest BCUT2D eigenvalue weighted by atomic mass is 9.92. The molecule has 1 amide bonds. The summed E-state index contributed by atoms with van der Waals surface area (Å²) in [6, 6.07) is 25.7. The van der Waals surface area contributed by atoms with Crippen LogP contribution in [-0.4, -0.2) is 43.7 Å². The van der Waals surface area contributed by atoms with Crippen LogP contribution >= 0.6 is 11.8 Å². The number of thioether (sulfide) groups is 1. The quantitative estimate of drug-likeness (QED) is 0.147. The number of benzene rings is 3. The summed E-state index contributed by atoms with van der Waals surface area (Å²) >= 11 is 1.60. The maximum atomic E-state index is 12.6. The van der Waals surface area contributed by atoms with Gasteiger partial charge in [-0.1, -0.05) is 81.1 Å². The van der Waals surface area contributed by atoms with E-state index in [0.717, 1.165) is 57.8 Å². The van der Waals surface area contributed by atoms with E-state index in [0.29, 0.717) is 17.9 Å². The molecule has 42 heavy (non-hydrogen) atoms. The van der Waals surface area contributed by atoms with Gasteiger partial charge in [-0.05, 0) is 47.4 Å². The molecule has 0 bridgehead atoms.